The molecule has 0 aliphatic heterocycles. The molecular weight excluding hydrogens is 448 g/mol. The van der Waals surface area contributed by atoms with Gasteiger partial charge in [-0.15, -0.1) is 0 Å². The van der Waals surface area contributed by atoms with Crippen molar-refractivity contribution in [1.29, 1.82) is 0 Å². The fraction of sp³-hybridized carbons (Fsp3) is 0.250. The minimum atomic E-state index is -0.965. The van der Waals surface area contributed by atoms with Gasteiger partial charge in [-0.1, -0.05) is 41.5 Å². The average molecular weight is 477 g/mol. The Hall–Kier alpha value is -4.13. The first-order valence-corrected chi connectivity index (χ1v) is 11.2. The van der Waals surface area contributed by atoms with Gasteiger partial charge in [0.2, 0.25) is 0 Å². The maximum atomic E-state index is 12.7. The highest BCUT2D eigenvalue weighted by atomic mass is 16.6. The molecule has 0 N–H and O–H groups in total. The van der Waals surface area contributed by atoms with Crippen LogP contribution in [0, 0.1) is 0 Å². The molecule has 35 heavy (non-hydrogen) atoms. The molecular formula is C28H28O7. The maximum Gasteiger partial charge on any atom is 0.383 e. The molecule has 0 unspecified atom stereocenters. The number of hydrogen-bond acceptors (Lipinski definition) is 7. The molecule has 0 fully saturated rings. The Morgan fingerprint density at radius 2 is 1.63 bits per heavy atom. The van der Waals surface area contributed by atoms with Crippen molar-refractivity contribution < 1.29 is 28.2 Å². The van der Waals surface area contributed by atoms with Crippen molar-refractivity contribution in [3.8, 4) is 17.2 Å². The van der Waals surface area contributed by atoms with E-state index in [1.165, 1.54) is 11.1 Å². The number of fused-ring (bicyclic) bond motifs is 1. The van der Waals surface area contributed by atoms with Gasteiger partial charge in [-0.3, -0.25) is 4.79 Å². The summed E-state index contributed by atoms with van der Waals surface area (Å²) in [6.45, 7) is 7.55. The van der Waals surface area contributed by atoms with Gasteiger partial charge in [0, 0.05) is 6.92 Å². The summed E-state index contributed by atoms with van der Waals surface area (Å²) in [7, 11) is 0. The zero-order valence-corrected chi connectivity index (χ0v) is 20.3. The van der Waals surface area contributed by atoms with E-state index < -0.39 is 23.3 Å². The van der Waals surface area contributed by atoms with E-state index >= 15 is 0 Å². The molecule has 0 saturated carbocycles. The van der Waals surface area contributed by atoms with Crippen molar-refractivity contribution in [2.24, 2.45) is 0 Å². The number of para-hydroxylation sites is 1. The van der Waals surface area contributed by atoms with Crippen LogP contribution in [-0.4, -0.2) is 18.5 Å². The van der Waals surface area contributed by atoms with Crippen LogP contribution < -0.4 is 19.8 Å². The number of esters is 2. The fourth-order valence-corrected chi connectivity index (χ4v) is 3.29. The predicted octanol–water partition coefficient (Wildman–Crippen LogP) is 6.01. The second-order valence-electron chi connectivity index (χ2n) is 8.21. The van der Waals surface area contributed by atoms with Gasteiger partial charge in [0.05, 0.1) is 10.9 Å². The predicted molar refractivity (Wildman–Crippen MR) is 133 cm³/mol. The second kappa shape index (κ2) is 11.8. The SMILES string of the molecule is CC(=O)Oc1c(OC(=O)c2ccccc2)c2cccc(OCC=C(C)CCC=C(C)C)c2oc1=O. The van der Waals surface area contributed by atoms with Crippen molar-refractivity contribution in [3.05, 3.63) is 87.8 Å². The lowest BCUT2D eigenvalue weighted by molar-refractivity contribution is -0.132. The number of rotatable bonds is 9. The summed E-state index contributed by atoms with van der Waals surface area (Å²) in [6, 6.07) is 13.2. The topological polar surface area (TPSA) is 92.0 Å². The highest BCUT2D eigenvalue weighted by Crippen LogP contribution is 2.37. The Balaban J connectivity index is 1.95. The minimum Gasteiger partial charge on any atom is -0.486 e. The second-order valence-corrected chi connectivity index (χ2v) is 8.21. The van der Waals surface area contributed by atoms with Crippen LogP contribution in [0.3, 0.4) is 0 Å². The third-order valence-electron chi connectivity index (χ3n) is 5.02. The molecule has 0 spiro atoms. The van der Waals surface area contributed by atoms with Gasteiger partial charge in [0.1, 0.15) is 6.61 Å². The van der Waals surface area contributed by atoms with Crippen LogP contribution in [0.5, 0.6) is 17.2 Å². The first kappa shape index (κ1) is 25.5. The van der Waals surface area contributed by atoms with Gasteiger partial charge < -0.3 is 18.6 Å². The van der Waals surface area contributed by atoms with Crippen LogP contribution in [0.1, 0.15) is 50.9 Å². The van der Waals surface area contributed by atoms with E-state index in [-0.39, 0.29) is 28.9 Å². The Bertz CT molecular complexity index is 1330. The zero-order valence-electron chi connectivity index (χ0n) is 20.3. The van der Waals surface area contributed by atoms with E-state index in [4.69, 9.17) is 18.6 Å². The molecule has 0 aliphatic rings. The quantitative estimate of drug-likeness (QED) is 0.212. The van der Waals surface area contributed by atoms with Gasteiger partial charge in [0.15, 0.2) is 17.1 Å². The molecule has 2 aromatic carbocycles. The first-order chi connectivity index (χ1) is 16.8. The Labute approximate surface area is 203 Å². The van der Waals surface area contributed by atoms with Crippen LogP contribution in [-0.2, 0) is 4.79 Å². The van der Waals surface area contributed by atoms with Gasteiger partial charge >= 0.3 is 17.6 Å². The summed E-state index contributed by atoms with van der Waals surface area (Å²) in [6.07, 6.45) is 5.99. The van der Waals surface area contributed by atoms with E-state index in [9.17, 15) is 14.4 Å². The molecule has 1 heterocycles. The van der Waals surface area contributed by atoms with Crippen LogP contribution in [0.2, 0.25) is 0 Å². The smallest absolute Gasteiger partial charge is 0.383 e. The summed E-state index contributed by atoms with van der Waals surface area (Å²) in [5.41, 5.74) is 1.83. The molecule has 182 valence electrons. The molecule has 0 saturated heterocycles. The highest BCUT2D eigenvalue weighted by molar-refractivity contribution is 5.97. The van der Waals surface area contributed by atoms with E-state index in [1.807, 2.05) is 13.0 Å². The van der Waals surface area contributed by atoms with Crippen molar-refractivity contribution in [2.75, 3.05) is 6.61 Å². The minimum absolute atomic E-state index is 0.0832. The molecule has 0 amide bonds. The molecule has 0 radical (unpaired) electrons. The lowest BCUT2D eigenvalue weighted by atomic mass is 10.1. The number of ether oxygens (including phenoxy) is 3. The number of allylic oxidation sites excluding steroid dienone is 3. The monoisotopic (exact) mass is 476 g/mol. The summed E-state index contributed by atoms with van der Waals surface area (Å²) >= 11 is 0. The standard InChI is InChI=1S/C28H28O7/c1-18(2)10-8-11-19(3)16-17-32-23-15-9-14-22-24(23)34-28(31)26(33-20(4)29)25(22)35-27(30)21-12-6-5-7-13-21/h5-7,9-10,12-16H,8,11,17H2,1-4H3. The van der Waals surface area contributed by atoms with E-state index in [0.717, 1.165) is 19.8 Å². The Kier molecular flexibility index (Phi) is 8.62. The van der Waals surface area contributed by atoms with Crippen LogP contribution >= 0.6 is 0 Å². The zero-order chi connectivity index (χ0) is 25.4. The molecule has 0 bridgehead atoms. The molecule has 0 atom stereocenters. The van der Waals surface area contributed by atoms with Crippen LogP contribution in [0.25, 0.3) is 11.0 Å². The van der Waals surface area contributed by atoms with Crippen LogP contribution in [0.4, 0.5) is 0 Å². The number of carbonyl (C=O) groups is 2. The molecule has 1 aromatic heterocycles. The highest BCUT2D eigenvalue weighted by Gasteiger charge is 2.24. The van der Waals surface area contributed by atoms with Crippen molar-refractivity contribution in [1.82, 2.24) is 0 Å². The number of benzene rings is 2. The molecule has 3 rings (SSSR count). The normalized spacial score (nSPS) is 11.1. The lowest BCUT2D eigenvalue weighted by Crippen LogP contribution is -2.16. The average Bonchev–Trinajstić information content (AvgIpc) is 2.81. The largest absolute Gasteiger partial charge is 0.486 e. The Morgan fingerprint density at radius 1 is 0.886 bits per heavy atom. The van der Waals surface area contributed by atoms with Crippen molar-refractivity contribution in [2.45, 2.75) is 40.5 Å². The summed E-state index contributed by atoms with van der Waals surface area (Å²) in [5, 5.41) is 0.256. The molecule has 7 heteroatoms. The van der Waals surface area contributed by atoms with E-state index in [1.54, 1.807) is 48.5 Å². The third kappa shape index (κ3) is 6.93. The number of hydrogen-bond donors (Lipinski definition) is 0. The first-order valence-electron chi connectivity index (χ1n) is 11.2. The molecule has 0 aliphatic carbocycles. The Morgan fingerprint density at radius 3 is 2.31 bits per heavy atom. The fourth-order valence-electron chi connectivity index (χ4n) is 3.29. The van der Waals surface area contributed by atoms with Crippen molar-refractivity contribution in [3.63, 3.8) is 0 Å². The van der Waals surface area contributed by atoms with E-state index in [0.29, 0.717) is 5.75 Å². The summed E-state index contributed by atoms with van der Waals surface area (Å²) in [5.74, 6) is -1.89. The summed E-state index contributed by atoms with van der Waals surface area (Å²) in [4.78, 5) is 37.1. The summed E-state index contributed by atoms with van der Waals surface area (Å²) < 4.78 is 21.9. The van der Waals surface area contributed by atoms with Crippen LogP contribution in [0.15, 0.2) is 81.0 Å². The maximum absolute atomic E-state index is 12.7. The van der Waals surface area contributed by atoms with Gasteiger partial charge in [-0.05, 0) is 64.0 Å². The molecule has 7 nitrogen and oxygen atoms in total. The third-order valence-corrected chi connectivity index (χ3v) is 5.02. The van der Waals surface area contributed by atoms with Crippen molar-refractivity contribution >= 4 is 22.9 Å². The van der Waals surface area contributed by atoms with Gasteiger partial charge in [-0.2, -0.15) is 0 Å². The van der Waals surface area contributed by atoms with E-state index in [2.05, 4.69) is 19.9 Å². The lowest BCUT2D eigenvalue weighted by Gasteiger charge is -2.13. The van der Waals surface area contributed by atoms with Gasteiger partial charge in [0.25, 0.3) is 5.75 Å². The molecule has 3 aromatic rings. The number of carbonyl (C=O) groups excluding carboxylic acids is 2. The van der Waals surface area contributed by atoms with Gasteiger partial charge in [-0.25, -0.2) is 9.59 Å².